The highest BCUT2D eigenvalue weighted by atomic mass is 35.5. The number of hydrogen-bond donors (Lipinski definition) is 2. The zero-order chi connectivity index (χ0) is 12.4. The van der Waals surface area contributed by atoms with Crippen LogP contribution < -0.4 is 11.3 Å². The Labute approximate surface area is 109 Å². The van der Waals surface area contributed by atoms with Gasteiger partial charge >= 0.3 is 0 Å². The number of nitrogens with two attached hydrogens (primary N) is 1. The number of hydrazine groups is 1. The minimum absolute atomic E-state index is 0.118. The second-order valence-corrected chi connectivity index (χ2v) is 5.42. The molecule has 2 heterocycles. The molecule has 0 aromatic carbocycles. The van der Waals surface area contributed by atoms with Gasteiger partial charge < -0.3 is 0 Å². The molecule has 2 aromatic rings. The van der Waals surface area contributed by atoms with E-state index < -0.39 is 0 Å². The lowest BCUT2D eigenvalue weighted by atomic mass is 10.1. The van der Waals surface area contributed by atoms with Crippen molar-refractivity contribution in [2.45, 2.75) is 25.9 Å². The summed E-state index contributed by atoms with van der Waals surface area (Å²) in [6.07, 6.45) is 1.66. The molecule has 2 aromatic heterocycles. The van der Waals surface area contributed by atoms with Crippen LogP contribution >= 0.6 is 22.9 Å². The van der Waals surface area contributed by atoms with E-state index in [0.717, 1.165) is 10.6 Å². The van der Waals surface area contributed by atoms with Gasteiger partial charge in [0.05, 0.1) is 23.0 Å². The summed E-state index contributed by atoms with van der Waals surface area (Å²) < 4.78 is 1.90. The molecule has 4 nitrogen and oxygen atoms in total. The molecule has 0 saturated heterocycles. The van der Waals surface area contributed by atoms with Gasteiger partial charge in [-0.25, -0.2) is 5.43 Å². The first-order valence-corrected chi connectivity index (χ1v) is 6.63. The lowest BCUT2D eigenvalue weighted by Gasteiger charge is -2.19. The van der Waals surface area contributed by atoms with Crippen LogP contribution in [0.1, 0.15) is 36.5 Å². The summed E-state index contributed by atoms with van der Waals surface area (Å²) in [4.78, 5) is 1.12. The van der Waals surface area contributed by atoms with E-state index >= 15 is 0 Å². The largest absolute Gasteiger partial charge is 0.270 e. The van der Waals surface area contributed by atoms with E-state index in [1.165, 1.54) is 0 Å². The molecule has 0 spiro atoms. The summed E-state index contributed by atoms with van der Waals surface area (Å²) >= 11 is 7.85. The van der Waals surface area contributed by atoms with Gasteiger partial charge in [-0.05, 0) is 25.3 Å². The summed E-state index contributed by atoms with van der Waals surface area (Å²) in [6, 6.07) is 4.15. The Morgan fingerprint density at radius 1 is 1.53 bits per heavy atom. The van der Waals surface area contributed by atoms with Gasteiger partial charge in [0.15, 0.2) is 0 Å². The topological polar surface area (TPSA) is 55.9 Å². The van der Waals surface area contributed by atoms with E-state index in [0.29, 0.717) is 5.02 Å². The summed E-state index contributed by atoms with van der Waals surface area (Å²) in [7, 11) is 0. The highest BCUT2D eigenvalue weighted by Crippen LogP contribution is 2.31. The van der Waals surface area contributed by atoms with E-state index in [9.17, 15) is 0 Å². The number of rotatable bonds is 4. The van der Waals surface area contributed by atoms with Gasteiger partial charge in [0.1, 0.15) is 0 Å². The molecule has 1 atom stereocenters. The van der Waals surface area contributed by atoms with Gasteiger partial charge in [0, 0.05) is 10.9 Å². The molecule has 0 saturated carbocycles. The summed E-state index contributed by atoms with van der Waals surface area (Å²) in [5.74, 6) is 5.65. The standard InChI is InChI=1S/C11H15ClN4S/c1-7(2)16-11(8(12)6-14-16)10(15-13)9-4-3-5-17-9/h3-7,10,15H,13H2,1-2H3. The van der Waals surface area contributed by atoms with Crippen LogP contribution in [0.3, 0.4) is 0 Å². The van der Waals surface area contributed by atoms with Crippen LogP contribution in [0.5, 0.6) is 0 Å². The molecule has 0 fully saturated rings. The number of nitrogens with zero attached hydrogens (tertiary/aromatic N) is 2. The Kier molecular flexibility index (Phi) is 3.83. The fourth-order valence-electron chi connectivity index (χ4n) is 1.78. The zero-order valence-corrected chi connectivity index (χ0v) is 11.3. The molecule has 0 bridgehead atoms. The number of thiophene rings is 1. The highest BCUT2D eigenvalue weighted by Gasteiger charge is 2.22. The third-order valence-electron chi connectivity index (χ3n) is 2.54. The maximum Gasteiger partial charge on any atom is 0.0985 e. The zero-order valence-electron chi connectivity index (χ0n) is 9.72. The minimum atomic E-state index is -0.118. The van der Waals surface area contributed by atoms with Crippen molar-refractivity contribution in [3.63, 3.8) is 0 Å². The second-order valence-electron chi connectivity index (χ2n) is 4.03. The average molecular weight is 271 g/mol. The number of halogens is 1. The van der Waals surface area contributed by atoms with Crippen LogP contribution in [-0.4, -0.2) is 9.78 Å². The predicted octanol–water partition coefficient (Wildman–Crippen LogP) is 2.73. The first-order chi connectivity index (χ1) is 8.15. The van der Waals surface area contributed by atoms with Crippen LogP contribution in [0.2, 0.25) is 5.02 Å². The van der Waals surface area contributed by atoms with Crippen LogP contribution in [-0.2, 0) is 0 Å². The molecule has 0 aliphatic heterocycles. The van der Waals surface area contributed by atoms with Crippen molar-refractivity contribution >= 4 is 22.9 Å². The fraction of sp³-hybridized carbons (Fsp3) is 0.364. The SMILES string of the molecule is CC(C)n1ncc(Cl)c1C(NN)c1cccs1. The Bertz CT molecular complexity index is 478. The molecular formula is C11H15ClN4S. The Balaban J connectivity index is 2.47. The molecular weight excluding hydrogens is 256 g/mol. The second kappa shape index (κ2) is 5.18. The fourth-order valence-corrected chi connectivity index (χ4v) is 2.81. The van der Waals surface area contributed by atoms with Gasteiger partial charge in [0.2, 0.25) is 0 Å². The molecule has 0 aliphatic carbocycles. The third kappa shape index (κ3) is 2.37. The highest BCUT2D eigenvalue weighted by molar-refractivity contribution is 7.10. The molecule has 1 unspecified atom stereocenters. The summed E-state index contributed by atoms with van der Waals surface area (Å²) in [6.45, 7) is 4.13. The summed E-state index contributed by atoms with van der Waals surface area (Å²) in [5.41, 5.74) is 3.72. The molecule has 0 aliphatic rings. The molecule has 0 radical (unpaired) electrons. The number of nitrogens with one attached hydrogen (secondary N) is 1. The van der Waals surface area contributed by atoms with E-state index in [4.69, 9.17) is 17.4 Å². The van der Waals surface area contributed by atoms with Gasteiger partial charge in [-0.15, -0.1) is 11.3 Å². The van der Waals surface area contributed by atoms with Crippen molar-refractivity contribution in [3.8, 4) is 0 Å². The quantitative estimate of drug-likeness (QED) is 0.663. The van der Waals surface area contributed by atoms with Gasteiger partial charge in [-0.3, -0.25) is 10.5 Å². The molecule has 0 amide bonds. The van der Waals surface area contributed by atoms with Crippen molar-refractivity contribution in [2.75, 3.05) is 0 Å². The smallest absolute Gasteiger partial charge is 0.0985 e. The van der Waals surface area contributed by atoms with Crippen molar-refractivity contribution in [1.29, 1.82) is 0 Å². The van der Waals surface area contributed by atoms with Gasteiger partial charge in [-0.2, -0.15) is 5.10 Å². The maximum absolute atomic E-state index is 6.21. The van der Waals surface area contributed by atoms with Crippen LogP contribution in [0.4, 0.5) is 0 Å². The summed E-state index contributed by atoms with van der Waals surface area (Å²) in [5, 5.41) is 6.94. The minimum Gasteiger partial charge on any atom is -0.270 e. The first-order valence-electron chi connectivity index (χ1n) is 5.37. The molecule has 92 valence electrons. The lowest BCUT2D eigenvalue weighted by molar-refractivity contribution is 0.478. The normalized spacial score (nSPS) is 13.2. The molecule has 17 heavy (non-hydrogen) atoms. The van der Waals surface area contributed by atoms with Gasteiger partial charge in [0.25, 0.3) is 0 Å². The number of aromatic nitrogens is 2. The molecule has 3 N–H and O–H groups in total. The predicted molar refractivity (Wildman–Crippen MR) is 71.1 cm³/mol. The first kappa shape index (κ1) is 12.6. The monoisotopic (exact) mass is 270 g/mol. The number of hydrogen-bond acceptors (Lipinski definition) is 4. The Hall–Kier alpha value is -0.880. The lowest BCUT2D eigenvalue weighted by Crippen LogP contribution is -2.30. The van der Waals surface area contributed by atoms with Crippen LogP contribution in [0.15, 0.2) is 23.7 Å². The molecule has 2 rings (SSSR count). The van der Waals surface area contributed by atoms with Crippen molar-refractivity contribution in [3.05, 3.63) is 39.3 Å². The third-order valence-corrected chi connectivity index (χ3v) is 3.77. The molecule has 6 heteroatoms. The van der Waals surface area contributed by atoms with E-state index in [1.54, 1.807) is 17.5 Å². The van der Waals surface area contributed by atoms with E-state index in [-0.39, 0.29) is 12.1 Å². The van der Waals surface area contributed by atoms with Crippen LogP contribution in [0, 0.1) is 0 Å². The van der Waals surface area contributed by atoms with E-state index in [2.05, 4.69) is 24.4 Å². The maximum atomic E-state index is 6.21. The average Bonchev–Trinajstić information content (AvgIpc) is 2.91. The van der Waals surface area contributed by atoms with Crippen LogP contribution in [0.25, 0.3) is 0 Å². The Morgan fingerprint density at radius 3 is 2.82 bits per heavy atom. The Morgan fingerprint density at radius 2 is 2.29 bits per heavy atom. The van der Waals surface area contributed by atoms with Crippen molar-refractivity contribution in [1.82, 2.24) is 15.2 Å². The van der Waals surface area contributed by atoms with Crippen molar-refractivity contribution in [2.24, 2.45) is 5.84 Å². The van der Waals surface area contributed by atoms with Crippen molar-refractivity contribution < 1.29 is 0 Å². The van der Waals surface area contributed by atoms with E-state index in [1.807, 2.05) is 22.2 Å². The van der Waals surface area contributed by atoms with Gasteiger partial charge in [-0.1, -0.05) is 17.7 Å².